The molecule has 0 unspecified atom stereocenters. The molecule has 1 fully saturated rings. The van der Waals surface area contributed by atoms with Gasteiger partial charge in [-0.05, 0) is 31.0 Å². The first-order valence-corrected chi connectivity index (χ1v) is 12.0. The molecule has 0 bridgehead atoms. The number of rotatable bonds is 11. The summed E-state index contributed by atoms with van der Waals surface area (Å²) in [5, 5.41) is 2.91. The average Bonchev–Trinajstić information content (AvgIpc) is 2.79. The molecule has 2 aromatic rings. The summed E-state index contributed by atoms with van der Waals surface area (Å²) in [6.07, 6.45) is 1.93. The lowest BCUT2D eigenvalue weighted by atomic mass is 10.3. The summed E-state index contributed by atoms with van der Waals surface area (Å²) in [5.41, 5.74) is 0.979. The van der Waals surface area contributed by atoms with Gasteiger partial charge in [0.2, 0.25) is 11.8 Å². The minimum Gasteiger partial charge on any atom is -0.476 e. The molecule has 1 saturated heterocycles. The lowest BCUT2D eigenvalue weighted by Crippen LogP contribution is -2.38. The Balaban J connectivity index is 1.77. The van der Waals surface area contributed by atoms with Crippen LogP contribution in [0, 0.1) is 0 Å². The van der Waals surface area contributed by atoms with Crippen molar-refractivity contribution in [3.05, 3.63) is 40.5 Å². The zero-order valence-corrected chi connectivity index (χ0v) is 20.4. The number of aromatic nitrogens is 2. The fraction of sp³-hybridized carbons (Fsp3) is 0.522. The van der Waals surface area contributed by atoms with Gasteiger partial charge in [-0.3, -0.25) is 9.69 Å². The maximum absolute atomic E-state index is 13.0. The second kappa shape index (κ2) is 12.7. The first-order chi connectivity index (χ1) is 15.6. The topological polar surface area (TPSA) is 79.8 Å². The van der Waals surface area contributed by atoms with Crippen LogP contribution in [0.2, 0.25) is 0 Å². The molecule has 0 radical (unpaired) electrons. The molecule has 2 heterocycles. The van der Waals surface area contributed by atoms with Crippen molar-refractivity contribution in [2.45, 2.75) is 26.7 Å². The Morgan fingerprint density at radius 2 is 1.94 bits per heavy atom. The molecule has 174 valence electrons. The molecule has 0 spiro atoms. The SMILES string of the molecule is CCCN(CCC)c1nc(OCCN2CCOCC2)cc(C(=O)Nc2cccc(Br)c2)n1. The summed E-state index contributed by atoms with van der Waals surface area (Å²) in [6.45, 7) is 10.5. The zero-order valence-electron chi connectivity index (χ0n) is 18.8. The third-order valence-electron chi connectivity index (χ3n) is 5.04. The van der Waals surface area contributed by atoms with Gasteiger partial charge in [-0.25, -0.2) is 4.98 Å². The largest absolute Gasteiger partial charge is 0.476 e. The van der Waals surface area contributed by atoms with Crippen LogP contribution in [0.1, 0.15) is 37.2 Å². The van der Waals surface area contributed by atoms with Gasteiger partial charge >= 0.3 is 0 Å². The number of amides is 1. The van der Waals surface area contributed by atoms with Crippen LogP contribution >= 0.6 is 15.9 Å². The van der Waals surface area contributed by atoms with Crippen molar-refractivity contribution in [1.29, 1.82) is 0 Å². The number of halogens is 1. The van der Waals surface area contributed by atoms with Crippen LogP contribution in [-0.2, 0) is 4.74 Å². The zero-order chi connectivity index (χ0) is 22.8. The van der Waals surface area contributed by atoms with Gasteiger partial charge in [-0.2, -0.15) is 4.98 Å². The highest BCUT2D eigenvalue weighted by Crippen LogP contribution is 2.20. The summed E-state index contributed by atoms with van der Waals surface area (Å²) in [6, 6.07) is 9.08. The predicted octanol–water partition coefficient (Wildman–Crippen LogP) is 3.83. The molecule has 9 heteroatoms. The van der Waals surface area contributed by atoms with E-state index in [0.717, 1.165) is 63.3 Å². The van der Waals surface area contributed by atoms with Gasteiger partial charge < -0.3 is 19.7 Å². The third kappa shape index (κ3) is 7.43. The van der Waals surface area contributed by atoms with E-state index < -0.39 is 0 Å². The quantitative estimate of drug-likeness (QED) is 0.496. The van der Waals surface area contributed by atoms with E-state index in [9.17, 15) is 4.79 Å². The molecule has 1 aromatic carbocycles. The Bertz CT molecular complexity index is 870. The van der Waals surface area contributed by atoms with Crippen LogP contribution in [0.5, 0.6) is 5.88 Å². The van der Waals surface area contributed by atoms with Crippen molar-refractivity contribution in [2.24, 2.45) is 0 Å². The summed E-state index contributed by atoms with van der Waals surface area (Å²) < 4.78 is 12.3. The number of benzene rings is 1. The maximum Gasteiger partial charge on any atom is 0.274 e. The Labute approximate surface area is 198 Å². The molecule has 1 aliphatic heterocycles. The Hall–Kier alpha value is -2.23. The van der Waals surface area contributed by atoms with E-state index >= 15 is 0 Å². The van der Waals surface area contributed by atoms with E-state index in [2.05, 4.69) is 54.9 Å². The van der Waals surface area contributed by atoms with Gasteiger partial charge in [0.15, 0.2) is 0 Å². The first kappa shape index (κ1) is 24.4. The number of hydrogen-bond donors (Lipinski definition) is 1. The van der Waals surface area contributed by atoms with Gasteiger partial charge in [-0.1, -0.05) is 35.8 Å². The number of carbonyl (C=O) groups excluding carboxylic acids is 1. The second-order valence-corrected chi connectivity index (χ2v) is 8.56. The van der Waals surface area contributed by atoms with Crippen molar-refractivity contribution in [3.63, 3.8) is 0 Å². The minimum absolute atomic E-state index is 0.286. The van der Waals surface area contributed by atoms with Crippen LogP contribution in [0.15, 0.2) is 34.8 Å². The number of nitrogens with zero attached hydrogens (tertiary/aromatic N) is 4. The van der Waals surface area contributed by atoms with Crippen LogP contribution in [0.25, 0.3) is 0 Å². The molecule has 0 saturated carbocycles. The van der Waals surface area contributed by atoms with E-state index in [1.165, 1.54) is 0 Å². The summed E-state index contributed by atoms with van der Waals surface area (Å²) >= 11 is 3.43. The van der Waals surface area contributed by atoms with Gasteiger partial charge in [0.25, 0.3) is 5.91 Å². The molecule has 1 amide bonds. The van der Waals surface area contributed by atoms with Crippen LogP contribution < -0.4 is 15.0 Å². The number of ether oxygens (including phenoxy) is 2. The fourth-order valence-corrected chi connectivity index (χ4v) is 3.86. The van der Waals surface area contributed by atoms with E-state index in [-0.39, 0.29) is 11.6 Å². The maximum atomic E-state index is 13.0. The van der Waals surface area contributed by atoms with Crippen molar-refractivity contribution < 1.29 is 14.3 Å². The molecule has 32 heavy (non-hydrogen) atoms. The highest BCUT2D eigenvalue weighted by Gasteiger charge is 2.17. The molecule has 1 N–H and O–H groups in total. The molecule has 0 aliphatic carbocycles. The Kier molecular flexibility index (Phi) is 9.70. The minimum atomic E-state index is -0.294. The molecule has 0 atom stereocenters. The van der Waals surface area contributed by atoms with E-state index in [1.807, 2.05) is 24.3 Å². The lowest BCUT2D eigenvalue weighted by Gasteiger charge is -2.26. The van der Waals surface area contributed by atoms with Crippen LogP contribution in [-0.4, -0.2) is 73.3 Å². The smallest absolute Gasteiger partial charge is 0.274 e. The summed E-state index contributed by atoms with van der Waals surface area (Å²) in [7, 11) is 0. The van der Waals surface area contributed by atoms with E-state index in [1.54, 1.807) is 6.07 Å². The number of anilines is 2. The van der Waals surface area contributed by atoms with E-state index in [0.29, 0.717) is 24.1 Å². The molecule has 1 aliphatic rings. The Morgan fingerprint density at radius 3 is 2.62 bits per heavy atom. The van der Waals surface area contributed by atoms with Crippen LogP contribution in [0.4, 0.5) is 11.6 Å². The molecule has 8 nitrogen and oxygen atoms in total. The molecular formula is C23H32BrN5O3. The highest BCUT2D eigenvalue weighted by atomic mass is 79.9. The van der Waals surface area contributed by atoms with Gasteiger partial charge in [0, 0.05) is 49.0 Å². The highest BCUT2D eigenvalue weighted by molar-refractivity contribution is 9.10. The Morgan fingerprint density at radius 1 is 1.19 bits per heavy atom. The van der Waals surface area contributed by atoms with E-state index in [4.69, 9.17) is 9.47 Å². The fourth-order valence-electron chi connectivity index (χ4n) is 3.46. The van der Waals surface area contributed by atoms with Crippen molar-refractivity contribution >= 4 is 33.5 Å². The lowest BCUT2D eigenvalue weighted by molar-refractivity contribution is 0.0320. The van der Waals surface area contributed by atoms with Crippen molar-refractivity contribution in [3.8, 4) is 5.88 Å². The summed E-state index contributed by atoms with van der Waals surface area (Å²) in [5.74, 6) is 0.648. The van der Waals surface area contributed by atoms with Gasteiger partial charge in [-0.15, -0.1) is 0 Å². The van der Waals surface area contributed by atoms with Crippen molar-refractivity contribution in [2.75, 3.05) is 62.8 Å². The van der Waals surface area contributed by atoms with Gasteiger partial charge in [0.1, 0.15) is 12.3 Å². The first-order valence-electron chi connectivity index (χ1n) is 11.2. The monoisotopic (exact) mass is 505 g/mol. The molecule has 3 rings (SSSR count). The number of nitrogens with one attached hydrogen (secondary N) is 1. The van der Waals surface area contributed by atoms with Crippen molar-refractivity contribution in [1.82, 2.24) is 14.9 Å². The molecular weight excluding hydrogens is 474 g/mol. The standard InChI is InChI=1S/C23H32BrN5O3/c1-3-8-29(9-4-2)23-26-20(22(30)25-19-7-5-6-18(24)16-19)17-21(27-23)32-15-12-28-10-13-31-14-11-28/h5-7,16-17H,3-4,8-15H2,1-2H3,(H,25,30). The third-order valence-corrected chi connectivity index (χ3v) is 5.53. The molecule has 1 aromatic heterocycles. The van der Waals surface area contributed by atoms with Crippen LogP contribution in [0.3, 0.4) is 0 Å². The number of morpholine rings is 1. The van der Waals surface area contributed by atoms with Gasteiger partial charge in [0.05, 0.1) is 13.2 Å². The normalized spacial score (nSPS) is 14.2. The average molecular weight is 506 g/mol. The summed E-state index contributed by atoms with van der Waals surface area (Å²) in [4.78, 5) is 26.6. The predicted molar refractivity (Wildman–Crippen MR) is 130 cm³/mol. The number of carbonyl (C=O) groups is 1. The second-order valence-electron chi connectivity index (χ2n) is 7.65. The number of hydrogen-bond acceptors (Lipinski definition) is 7.